The normalized spacial score (nSPS) is 12.5. The summed E-state index contributed by atoms with van der Waals surface area (Å²) in [6, 6.07) is 3.86. The van der Waals surface area contributed by atoms with Crippen molar-refractivity contribution in [1.82, 2.24) is 4.98 Å². The third-order valence-corrected chi connectivity index (χ3v) is 1.70. The Hall–Kier alpha value is -1.13. The predicted molar refractivity (Wildman–Crippen MR) is 54.2 cm³/mol. The summed E-state index contributed by atoms with van der Waals surface area (Å²) < 4.78 is 5.12. The van der Waals surface area contributed by atoms with Gasteiger partial charge in [-0.2, -0.15) is 0 Å². The van der Waals surface area contributed by atoms with Gasteiger partial charge in [0, 0.05) is 18.3 Å². The van der Waals surface area contributed by atoms with E-state index < -0.39 is 0 Å². The van der Waals surface area contributed by atoms with Crippen LogP contribution in [0.3, 0.4) is 0 Å². The van der Waals surface area contributed by atoms with Crippen molar-refractivity contribution in [2.24, 2.45) is 5.73 Å². The lowest BCUT2D eigenvalue weighted by Gasteiger charge is -2.06. The Labute approximate surface area is 83.7 Å². The van der Waals surface area contributed by atoms with E-state index in [0.717, 1.165) is 12.0 Å². The van der Waals surface area contributed by atoms with Gasteiger partial charge in [0.2, 0.25) is 5.88 Å². The van der Waals surface area contributed by atoms with E-state index in [-0.39, 0.29) is 19.3 Å². The van der Waals surface area contributed by atoms with Gasteiger partial charge in [0.05, 0.1) is 6.61 Å². The van der Waals surface area contributed by atoms with Gasteiger partial charge in [-0.25, -0.2) is 4.98 Å². The van der Waals surface area contributed by atoms with Gasteiger partial charge < -0.3 is 15.6 Å². The molecule has 0 fully saturated rings. The molecule has 1 rings (SSSR count). The van der Waals surface area contributed by atoms with Crippen LogP contribution in [0.25, 0.3) is 0 Å². The molecular weight excluding hydrogens is 180 g/mol. The number of rotatable bonds is 5. The molecule has 0 saturated carbocycles. The Kier molecular flexibility index (Phi) is 4.35. The van der Waals surface area contributed by atoms with Crippen molar-refractivity contribution >= 4 is 0 Å². The molecule has 0 aliphatic carbocycles. The van der Waals surface area contributed by atoms with Crippen LogP contribution in [0.2, 0.25) is 0 Å². The number of hydrogen-bond donors (Lipinski definition) is 2. The highest BCUT2D eigenvalue weighted by Gasteiger charge is 1.99. The van der Waals surface area contributed by atoms with E-state index >= 15 is 0 Å². The first-order valence-electron chi connectivity index (χ1n) is 4.66. The van der Waals surface area contributed by atoms with Crippen LogP contribution in [0, 0.1) is 0 Å². The Balaban J connectivity index is 2.50. The van der Waals surface area contributed by atoms with Gasteiger partial charge in [-0.05, 0) is 18.9 Å². The zero-order valence-corrected chi connectivity index (χ0v) is 8.31. The molecule has 4 nitrogen and oxygen atoms in total. The van der Waals surface area contributed by atoms with E-state index in [9.17, 15) is 0 Å². The highest BCUT2D eigenvalue weighted by molar-refractivity contribution is 5.18. The number of aromatic nitrogens is 1. The molecule has 0 amide bonds. The van der Waals surface area contributed by atoms with Crippen LogP contribution in [0.1, 0.15) is 12.5 Å². The first-order chi connectivity index (χ1) is 6.72. The van der Waals surface area contributed by atoms with Crippen molar-refractivity contribution in [3.63, 3.8) is 0 Å². The molecule has 14 heavy (non-hydrogen) atoms. The molecule has 1 heterocycles. The minimum Gasteiger partial charge on any atom is -0.475 e. The number of pyridine rings is 1. The monoisotopic (exact) mass is 196 g/mol. The average molecular weight is 196 g/mol. The SMILES string of the molecule is CC(N)Cc1ccc(OCCO)nc1. The standard InChI is InChI=1S/C10H16N2O2/c1-8(11)6-9-2-3-10(12-7-9)14-5-4-13/h2-3,7-8,13H,4-6,11H2,1H3. The van der Waals surface area contributed by atoms with Crippen molar-refractivity contribution in [3.8, 4) is 5.88 Å². The Morgan fingerprint density at radius 2 is 2.36 bits per heavy atom. The van der Waals surface area contributed by atoms with Gasteiger partial charge >= 0.3 is 0 Å². The molecule has 0 spiro atoms. The highest BCUT2D eigenvalue weighted by Crippen LogP contribution is 2.08. The topological polar surface area (TPSA) is 68.4 Å². The largest absolute Gasteiger partial charge is 0.475 e. The molecule has 0 bridgehead atoms. The molecule has 0 aromatic carbocycles. The smallest absolute Gasteiger partial charge is 0.213 e. The summed E-state index contributed by atoms with van der Waals surface area (Å²) in [5.74, 6) is 0.535. The molecule has 1 aromatic heterocycles. The highest BCUT2D eigenvalue weighted by atomic mass is 16.5. The Morgan fingerprint density at radius 1 is 1.57 bits per heavy atom. The van der Waals surface area contributed by atoms with Crippen LogP contribution >= 0.6 is 0 Å². The van der Waals surface area contributed by atoms with Crippen LogP contribution in [0.4, 0.5) is 0 Å². The fraction of sp³-hybridized carbons (Fsp3) is 0.500. The molecule has 0 aliphatic heterocycles. The Morgan fingerprint density at radius 3 is 2.86 bits per heavy atom. The number of hydrogen-bond acceptors (Lipinski definition) is 4. The summed E-state index contributed by atoms with van der Waals surface area (Å²) >= 11 is 0. The van der Waals surface area contributed by atoms with E-state index in [0.29, 0.717) is 5.88 Å². The van der Waals surface area contributed by atoms with Crippen molar-refractivity contribution < 1.29 is 9.84 Å². The van der Waals surface area contributed by atoms with Crippen LogP contribution in [0.5, 0.6) is 5.88 Å². The predicted octanol–water partition coefficient (Wildman–Crippen LogP) is 0.342. The zero-order chi connectivity index (χ0) is 10.4. The number of aliphatic hydroxyl groups excluding tert-OH is 1. The minimum absolute atomic E-state index is 0.00324. The summed E-state index contributed by atoms with van der Waals surface area (Å²) in [6.07, 6.45) is 2.56. The Bertz CT molecular complexity index is 259. The maximum atomic E-state index is 8.53. The number of aliphatic hydroxyl groups is 1. The molecule has 0 saturated heterocycles. The van der Waals surface area contributed by atoms with Gasteiger partial charge in [0.1, 0.15) is 6.61 Å². The van der Waals surface area contributed by atoms with Crippen molar-refractivity contribution in [2.45, 2.75) is 19.4 Å². The molecule has 1 atom stereocenters. The molecule has 0 aliphatic rings. The van der Waals surface area contributed by atoms with Crippen molar-refractivity contribution in [3.05, 3.63) is 23.9 Å². The van der Waals surface area contributed by atoms with Gasteiger partial charge in [-0.1, -0.05) is 6.07 Å². The summed E-state index contributed by atoms with van der Waals surface area (Å²) in [4.78, 5) is 4.08. The summed E-state index contributed by atoms with van der Waals surface area (Å²) in [6.45, 7) is 2.24. The fourth-order valence-electron chi connectivity index (χ4n) is 1.14. The first-order valence-corrected chi connectivity index (χ1v) is 4.66. The van der Waals surface area contributed by atoms with Crippen LogP contribution in [-0.4, -0.2) is 29.3 Å². The molecule has 78 valence electrons. The van der Waals surface area contributed by atoms with Crippen LogP contribution in [0.15, 0.2) is 18.3 Å². The third kappa shape index (κ3) is 3.72. The summed E-state index contributed by atoms with van der Waals surface area (Å²) in [5, 5.41) is 8.53. The second-order valence-corrected chi connectivity index (χ2v) is 3.26. The number of nitrogens with zero attached hydrogens (tertiary/aromatic N) is 1. The fourth-order valence-corrected chi connectivity index (χ4v) is 1.14. The lowest BCUT2D eigenvalue weighted by atomic mass is 10.1. The van der Waals surface area contributed by atoms with Gasteiger partial charge in [-0.15, -0.1) is 0 Å². The number of nitrogens with two attached hydrogens (primary N) is 1. The molecule has 3 N–H and O–H groups in total. The minimum atomic E-state index is 0.00324. The quantitative estimate of drug-likeness (QED) is 0.712. The maximum absolute atomic E-state index is 8.53. The van der Waals surface area contributed by atoms with Gasteiger partial charge in [0.25, 0.3) is 0 Å². The van der Waals surface area contributed by atoms with Crippen molar-refractivity contribution in [1.29, 1.82) is 0 Å². The van der Waals surface area contributed by atoms with Crippen LogP contribution < -0.4 is 10.5 Å². The summed E-state index contributed by atoms with van der Waals surface area (Å²) in [5.41, 5.74) is 6.74. The summed E-state index contributed by atoms with van der Waals surface area (Å²) in [7, 11) is 0. The van der Waals surface area contributed by atoms with Crippen LogP contribution in [-0.2, 0) is 6.42 Å². The van der Waals surface area contributed by atoms with E-state index in [2.05, 4.69) is 4.98 Å². The number of ether oxygens (including phenoxy) is 1. The lowest BCUT2D eigenvalue weighted by molar-refractivity contribution is 0.196. The third-order valence-electron chi connectivity index (χ3n) is 1.70. The molecule has 4 heteroatoms. The zero-order valence-electron chi connectivity index (χ0n) is 8.31. The first kappa shape index (κ1) is 10.9. The second kappa shape index (κ2) is 5.57. The van der Waals surface area contributed by atoms with Gasteiger partial charge in [0.15, 0.2) is 0 Å². The second-order valence-electron chi connectivity index (χ2n) is 3.26. The lowest BCUT2D eigenvalue weighted by Crippen LogP contribution is -2.17. The molecule has 1 unspecified atom stereocenters. The van der Waals surface area contributed by atoms with E-state index in [1.807, 2.05) is 13.0 Å². The van der Waals surface area contributed by atoms with Gasteiger partial charge in [-0.3, -0.25) is 0 Å². The average Bonchev–Trinajstić information content (AvgIpc) is 2.16. The van der Waals surface area contributed by atoms with E-state index in [1.165, 1.54) is 0 Å². The van der Waals surface area contributed by atoms with E-state index in [4.69, 9.17) is 15.6 Å². The molecular formula is C10H16N2O2. The maximum Gasteiger partial charge on any atom is 0.213 e. The van der Waals surface area contributed by atoms with E-state index in [1.54, 1.807) is 12.3 Å². The van der Waals surface area contributed by atoms with Crippen molar-refractivity contribution in [2.75, 3.05) is 13.2 Å². The molecule has 0 radical (unpaired) electrons. The molecule has 1 aromatic rings.